The summed E-state index contributed by atoms with van der Waals surface area (Å²) >= 11 is 5.21. The summed E-state index contributed by atoms with van der Waals surface area (Å²) in [6.07, 6.45) is 2.22. The number of benzene rings is 2. The molecule has 0 saturated heterocycles. The number of anilines is 1. The first-order valence-corrected chi connectivity index (χ1v) is 9.67. The van der Waals surface area contributed by atoms with E-state index in [9.17, 15) is 4.79 Å². The summed E-state index contributed by atoms with van der Waals surface area (Å²) in [5.74, 6) is 0.826. The molecule has 2 aromatic carbocycles. The topological polar surface area (TPSA) is 52.9 Å². The number of carbonyl (C=O) groups excluding carboxylic acids is 1. The van der Waals surface area contributed by atoms with Crippen molar-refractivity contribution >= 4 is 36.0 Å². The first-order chi connectivity index (χ1) is 11.8. The molecule has 0 atom stereocenters. The Balaban J connectivity index is 0.000000671. The van der Waals surface area contributed by atoms with Crippen LogP contribution in [0, 0.1) is 11.3 Å². The number of carbonyl (C=O) groups is 1. The molecule has 0 fully saturated rings. The van der Waals surface area contributed by atoms with Crippen molar-refractivity contribution in [1.82, 2.24) is 0 Å². The SMILES string of the molecule is CC.CS.N#Cc1cccc(-c2cccc3c2SCCC(=O)N3)c1. The average molecular weight is 359 g/mol. The molecule has 0 spiro atoms. The molecule has 126 valence electrons. The highest BCUT2D eigenvalue weighted by atomic mass is 32.2. The minimum atomic E-state index is 0.0548. The predicted molar refractivity (Wildman–Crippen MR) is 107 cm³/mol. The minimum Gasteiger partial charge on any atom is -0.325 e. The van der Waals surface area contributed by atoms with Crippen LogP contribution in [0.1, 0.15) is 25.8 Å². The summed E-state index contributed by atoms with van der Waals surface area (Å²) in [5.41, 5.74) is 3.57. The maximum atomic E-state index is 11.6. The van der Waals surface area contributed by atoms with Gasteiger partial charge >= 0.3 is 0 Å². The lowest BCUT2D eigenvalue weighted by Gasteiger charge is -2.12. The highest BCUT2D eigenvalue weighted by Crippen LogP contribution is 2.39. The van der Waals surface area contributed by atoms with Crippen LogP contribution >= 0.6 is 24.4 Å². The van der Waals surface area contributed by atoms with Crippen molar-refractivity contribution in [3.63, 3.8) is 0 Å². The van der Waals surface area contributed by atoms with Crippen molar-refractivity contribution in [2.24, 2.45) is 0 Å². The molecular formula is C19H22N2OS2. The van der Waals surface area contributed by atoms with E-state index in [-0.39, 0.29) is 5.91 Å². The van der Waals surface area contributed by atoms with Crippen molar-refractivity contribution in [3.8, 4) is 17.2 Å². The largest absolute Gasteiger partial charge is 0.325 e. The fraction of sp³-hybridized carbons (Fsp3) is 0.263. The van der Waals surface area contributed by atoms with Crippen LogP contribution in [0.15, 0.2) is 47.4 Å². The van der Waals surface area contributed by atoms with E-state index >= 15 is 0 Å². The zero-order valence-electron chi connectivity index (χ0n) is 14.2. The Morgan fingerprint density at radius 3 is 2.58 bits per heavy atom. The Bertz CT molecular complexity index is 724. The van der Waals surface area contributed by atoms with E-state index < -0.39 is 0 Å². The van der Waals surface area contributed by atoms with Crippen molar-refractivity contribution in [2.75, 3.05) is 17.3 Å². The van der Waals surface area contributed by atoms with Crippen LogP contribution in [0.2, 0.25) is 0 Å². The molecule has 1 heterocycles. The number of thiol groups is 1. The van der Waals surface area contributed by atoms with E-state index in [2.05, 4.69) is 24.0 Å². The first kappa shape index (κ1) is 20.1. The van der Waals surface area contributed by atoms with Crippen LogP contribution < -0.4 is 5.32 Å². The third-order valence-corrected chi connectivity index (χ3v) is 4.30. The lowest BCUT2D eigenvalue weighted by Crippen LogP contribution is -2.10. The Kier molecular flexibility index (Phi) is 9.06. The number of nitrogens with one attached hydrogen (secondary N) is 1. The fourth-order valence-electron chi connectivity index (χ4n) is 2.23. The van der Waals surface area contributed by atoms with Gasteiger partial charge in [-0.05, 0) is 35.6 Å². The van der Waals surface area contributed by atoms with Crippen LogP contribution in [0.4, 0.5) is 5.69 Å². The molecule has 2 aromatic rings. The second kappa shape index (κ2) is 10.8. The maximum Gasteiger partial charge on any atom is 0.225 e. The lowest BCUT2D eigenvalue weighted by atomic mass is 10.0. The standard InChI is InChI=1S/C16H12N2OS.C2H6.CH4S/c17-10-11-3-1-4-12(9-11)13-5-2-6-14-16(13)20-8-7-15(19)18-14;2*1-2/h1-6,9H,7-8H2,(H,18,19);1-2H3;2H,1H3. The Labute approximate surface area is 153 Å². The van der Waals surface area contributed by atoms with Crippen molar-refractivity contribution < 1.29 is 4.79 Å². The summed E-state index contributed by atoms with van der Waals surface area (Å²) in [6, 6.07) is 15.6. The summed E-state index contributed by atoms with van der Waals surface area (Å²) in [6.45, 7) is 4.00. The molecule has 3 nitrogen and oxygen atoms in total. The molecular weight excluding hydrogens is 336 g/mol. The molecule has 0 bridgehead atoms. The van der Waals surface area contributed by atoms with Gasteiger partial charge in [0.15, 0.2) is 0 Å². The molecule has 1 N–H and O–H groups in total. The average Bonchev–Trinajstić information content (AvgIpc) is 2.85. The molecule has 1 aliphatic rings. The Morgan fingerprint density at radius 2 is 1.88 bits per heavy atom. The minimum absolute atomic E-state index is 0.0548. The van der Waals surface area contributed by atoms with Crippen LogP contribution in [-0.4, -0.2) is 17.9 Å². The molecule has 24 heavy (non-hydrogen) atoms. The van der Waals surface area contributed by atoms with Gasteiger partial charge in [0.25, 0.3) is 0 Å². The van der Waals surface area contributed by atoms with Crippen molar-refractivity contribution in [1.29, 1.82) is 5.26 Å². The summed E-state index contributed by atoms with van der Waals surface area (Å²) < 4.78 is 0. The number of amides is 1. The van der Waals surface area contributed by atoms with E-state index in [4.69, 9.17) is 5.26 Å². The van der Waals surface area contributed by atoms with E-state index in [1.54, 1.807) is 24.1 Å². The van der Waals surface area contributed by atoms with Gasteiger partial charge in [-0.2, -0.15) is 17.9 Å². The van der Waals surface area contributed by atoms with Crippen LogP contribution in [0.3, 0.4) is 0 Å². The number of rotatable bonds is 1. The number of hydrogen-bond acceptors (Lipinski definition) is 4. The van der Waals surface area contributed by atoms with Gasteiger partial charge in [0, 0.05) is 17.1 Å². The van der Waals surface area contributed by atoms with Crippen LogP contribution in [0.25, 0.3) is 11.1 Å². The highest BCUT2D eigenvalue weighted by molar-refractivity contribution is 7.99. The number of hydrogen-bond donors (Lipinski definition) is 2. The van der Waals surface area contributed by atoms with Gasteiger partial charge in [0.2, 0.25) is 5.91 Å². The van der Waals surface area contributed by atoms with Crippen LogP contribution in [-0.2, 0) is 4.79 Å². The van der Waals surface area contributed by atoms with E-state index in [0.29, 0.717) is 12.0 Å². The first-order valence-electron chi connectivity index (χ1n) is 7.79. The highest BCUT2D eigenvalue weighted by Gasteiger charge is 2.17. The zero-order chi connectivity index (χ0) is 17.9. The Hall–Kier alpha value is -1.90. The molecule has 0 unspecified atom stereocenters. The number of thioether (sulfide) groups is 1. The summed E-state index contributed by atoms with van der Waals surface area (Å²) in [7, 11) is 0. The second-order valence-corrected chi connectivity index (χ2v) is 5.63. The number of fused-ring (bicyclic) bond motifs is 1. The van der Waals surface area contributed by atoms with Gasteiger partial charge in [-0.3, -0.25) is 4.79 Å². The van der Waals surface area contributed by atoms with Crippen LogP contribution in [0.5, 0.6) is 0 Å². The molecule has 5 heteroatoms. The van der Waals surface area contributed by atoms with E-state index in [0.717, 1.165) is 27.5 Å². The normalized spacial score (nSPS) is 12.0. The van der Waals surface area contributed by atoms with Crippen molar-refractivity contribution in [3.05, 3.63) is 48.0 Å². The number of nitriles is 1. The third-order valence-electron chi connectivity index (χ3n) is 3.17. The molecule has 3 rings (SSSR count). The summed E-state index contributed by atoms with van der Waals surface area (Å²) in [4.78, 5) is 12.7. The molecule has 0 radical (unpaired) electrons. The van der Waals surface area contributed by atoms with Gasteiger partial charge in [-0.15, -0.1) is 11.8 Å². The summed E-state index contributed by atoms with van der Waals surface area (Å²) in [5, 5.41) is 12.0. The quantitative estimate of drug-likeness (QED) is 0.686. The molecule has 1 amide bonds. The second-order valence-electron chi connectivity index (χ2n) is 4.52. The lowest BCUT2D eigenvalue weighted by molar-refractivity contribution is -0.115. The zero-order valence-corrected chi connectivity index (χ0v) is 15.9. The van der Waals surface area contributed by atoms with Gasteiger partial charge < -0.3 is 5.32 Å². The van der Waals surface area contributed by atoms with Gasteiger partial charge in [-0.1, -0.05) is 38.1 Å². The van der Waals surface area contributed by atoms with E-state index in [1.165, 1.54) is 0 Å². The van der Waals surface area contributed by atoms with Gasteiger partial charge in [-0.25, -0.2) is 0 Å². The van der Waals surface area contributed by atoms with Gasteiger partial charge in [0.1, 0.15) is 0 Å². The molecule has 0 saturated carbocycles. The van der Waals surface area contributed by atoms with Gasteiger partial charge in [0.05, 0.1) is 17.3 Å². The Morgan fingerprint density at radius 1 is 1.17 bits per heavy atom. The van der Waals surface area contributed by atoms with Crippen molar-refractivity contribution in [2.45, 2.75) is 25.2 Å². The molecule has 1 aliphatic heterocycles. The number of nitrogens with zero attached hydrogens (tertiary/aromatic N) is 1. The monoisotopic (exact) mass is 358 g/mol. The smallest absolute Gasteiger partial charge is 0.225 e. The van der Waals surface area contributed by atoms with E-state index in [1.807, 2.05) is 50.2 Å². The predicted octanol–water partition coefficient (Wildman–Crippen LogP) is 5.23. The maximum absolute atomic E-state index is 11.6. The fourth-order valence-corrected chi connectivity index (χ4v) is 3.34. The molecule has 0 aromatic heterocycles. The third kappa shape index (κ3) is 5.05. The molecule has 0 aliphatic carbocycles.